The summed E-state index contributed by atoms with van der Waals surface area (Å²) in [6.07, 6.45) is 55.2. The highest BCUT2D eigenvalue weighted by Gasteiger charge is 2.19. The Morgan fingerprint density at radius 2 is 0.585 bits per heavy atom. The lowest BCUT2D eigenvalue weighted by Crippen LogP contribution is -2.30. The van der Waals surface area contributed by atoms with Gasteiger partial charge >= 0.3 is 17.9 Å². The van der Waals surface area contributed by atoms with Crippen LogP contribution in [0.1, 0.15) is 330 Å². The fraction of sp³-hybridized carbons (Fsp3) is 0.949. The van der Waals surface area contributed by atoms with E-state index >= 15 is 0 Å². The molecule has 65 heavy (non-hydrogen) atoms. The van der Waals surface area contributed by atoms with E-state index in [1.165, 1.54) is 218 Å². The van der Waals surface area contributed by atoms with Gasteiger partial charge in [0.1, 0.15) is 13.2 Å². The maximum atomic E-state index is 12.9. The molecule has 0 spiro atoms. The molecule has 0 heterocycles. The van der Waals surface area contributed by atoms with Crippen LogP contribution >= 0.6 is 0 Å². The molecule has 0 aliphatic rings. The molecule has 0 N–H and O–H groups in total. The lowest BCUT2D eigenvalue weighted by Gasteiger charge is -2.18. The van der Waals surface area contributed by atoms with E-state index in [4.69, 9.17) is 14.2 Å². The van der Waals surface area contributed by atoms with Crippen molar-refractivity contribution in [3.05, 3.63) is 0 Å². The lowest BCUT2D eigenvalue weighted by molar-refractivity contribution is -0.167. The molecule has 0 saturated heterocycles. The van der Waals surface area contributed by atoms with Crippen molar-refractivity contribution in [3.63, 3.8) is 0 Å². The van der Waals surface area contributed by atoms with Gasteiger partial charge in [-0.1, -0.05) is 291 Å². The molecule has 0 bridgehead atoms. The second kappa shape index (κ2) is 51.8. The Hall–Kier alpha value is -1.59. The first-order valence-electron chi connectivity index (χ1n) is 29.3. The highest BCUT2D eigenvalue weighted by molar-refractivity contribution is 5.71. The molecular weight excluding hydrogens is 805 g/mol. The van der Waals surface area contributed by atoms with E-state index in [1.54, 1.807) is 0 Å². The number of hydrogen-bond acceptors (Lipinski definition) is 6. The average Bonchev–Trinajstić information content (AvgIpc) is 3.29. The molecule has 0 aliphatic heterocycles. The minimum absolute atomic E-state index is 0.0630. The molecule has 386 valence electrons. The topological polar surface area (TPSA) is 78.9 Å². The predicted octanol–water partition coefficient (Wildman–Crippen LogP) is 19.3. The summed E-state index contributed by atoms with van der Waals surface area (Å²) in [5.74, 6) is 0.849. The highest BCUT2D eigenvalue weighted by atomic mass is 16.6. The zero-order chi connectivity index (χ0) is 47.5. The molecule has 0 radical (unpaired) electrons. The minimum Gasteiger partial charge on any atom is -0.462 e. The van der Waals surface area contributed by atoms with E-state index in [1.807, 2.05) is 0 Å². The van der Waals surface area contributed by atoms with Crippen molar-refractivity contribution >= 4 is 17.9 Å². The monoisotopic (exact) mass is 919 g/mol. The molecule has 0 aromatic carbocycles. The Morgan fingerprint density at radius 3 is 0.877 bits per heavy atom. The van der Waals surface area contributed by atoms with Gasteiger partial charge in [-0.15, -0.1) is 0 Å². The smallest absolute Gasteiger partial charge is 0.306 e. The molecular formula is C59H114O6. The summed E-state index contributed by atoms with van der Waals surface area (Å²) in [5, 5.41) is 0. The van der Waals surface area contributed by atoms with Gasteiger partial charge in [0.05, 0.1) is 0 Å². The fourth-order valence-corrected chi connectivity index (χ4v) is 9.02. The van der Waals surface area contributed by atoms with Crippen LogP contribution in [0.25, 0.3) is 0 Å². The molecule has 0 amide bonds. The van der Waals surface area contributed by atoms with E-state index in [-0.39, 0.29) is 31.1 Å². The van der Waals surface area contributed by atoms with Crippen LogP contribution in [-0.2, 0) is 28.6 Å². The molecule has 2 atom stereocenters. The third kappa shape index (κ3) is 51.6. The van der Waals surface area contributed by atoms with E-state index in [9.17, 15) is 14.4 Å². The van der Waals surface area contributed by atoms with Crippen LogP contribution < -0.4 is 0 Å². The third-order valence-corrected chi connectivity index (χ3v) is 13.8. The van der Waals surface area contributed by atoms with Gasteiger partial charge in [0, 0.05) is 19.3 Å². The van der Waals surface area contributed by atoms with Crippen LogP contribution in [0.4, 0.5) is 0 Å². The Labute approximate surface area is 406 Å². The molecule has 0 fully saturated rings. The van der Waals surface area contributed by atoms with Gasteiger partial charge in [-0.2, -0.15) is 0 Å². The first-order valence-corrected chi connectivity index (χ1v) is 29.3. The Kier molecular flexibility index (Phi) is 50.5. The summed E-state index contributed by atoms with van der Waals surface area (Å²) in [6.45, 7) is 11.4. The number of esters is 3. The summed E-state index contributed by atoms with van der Waals surface area (Å²) < 4.78 is 16.9. The van der Waals surface area contributed by atoms with E-state index in [0.717, 1.165) is 69.6 Å². The van der Waals surface area contributed by atoms with Crippen molar-refractivity contribution in [2.75, 3.05) is 13.2 Å². The van der Waals surface area contributed by atoms with Gasteiger partial charge in [-0.05, 0) is 31.1 Å². The first-order chi connectivity index (χ1) is 31.8. The first kappa shape index (κ1) is 63.4. The Balaban J connectivity index is 4.26. The van der Waals surface area contributed by atoms with E-state index in [2.05, 4.69) is 34.6 Å². The van der Waals surface area contributed by atoms with Gasteiger partial charge in [0.2, 0.25) is 0 Å². The highest BCUT2D eigenvalue weighted by Crippen LogP contribution is 2.19. The lowest BCUT2D eigenvalue weighted by atomic mass is 9.99. The van der Waals surface area contributed by atoms with Gasteiger partial charge in [0.15, 0.2) is 6.10 Å². The Bertz CT molecular complexity index is 995. The second-order valence-corrected chi connectivity index (χ2v) is 21.0. The number of carbonyl (C=O) groups excluding carboxylic acids is 3. The molecule has 0 aromatic heterocycles. The normalized spacial score (nSPS) is 12.5. The summed E-state index contributed by atoms with van der Waals surface area (Å²) in [4.78, 5) is 38.1. The number of rotatable bonds is 53. The SMILES string of the molecule is CCCCCCCCCCCCCCCCCCCCC(=O)OC[C@H](COC(=O)CCCCCCCCCCC(C)C)OC(=O)CCCCCCCCCCCCCCCCC(C)CC. The van der Waals surface area contributed by atoms with Gasteiger partial charge in [-0.25, -0.2) is 0 Å². The standard InChI is InChI=1S/C59H114O6/c1-6-8-9-10-11-12-13-14-15-16-17-18-22-25-28-34-39-44-49-57(60)63-52-56(53-64-58(61)50-45-40-35-31-30-32-37-42-47-54(3)4)65-59(62)51-46-41-36-29-26-23-20-19-21-24-27-33-38-43-48-55(5)7-2/h54-56H,6-53H2,1-5H3/t55?,56-/m1/s1. The van der Waals surface area contributed by atoms with Crippen molar-refractivity contribution in [2.24, 2.45) is 11.8 Å². The number of unbranched alkanes of at least 4 members (excludes halogenated alkanes) is 37. The maximum Gasteiger partial charge on any atom is 0.306 e. The number of hydrogen-bond donors (Lipinski definition) is 0. The van der Waals surface area contributed by atoms with E-state index < -0.39 is 6.10 Å². The van der Waals surface area contributed by atoms with Gasteiger partial charge < -0.3 is 14.2 Å². The van der Waals surface area contributed by atoms with Crippen molar-refractivity contribution in [1.82, 2.24) is 0 Å². The van der Waals surface area contributed by atoms with Crippen molar-refractivity contribution in [1.29, 1.82) is 0 Å². The van der Waals surface area contributed by atoms with Crippen LogP contribution in [0, 0.1) is 11.8 Å². The average molecular weight is 920 g/mol. The quantitative estimate of drug-likeness (QED) is 0.0344. The van der Waals surface area contributed by atoms with Crippen LogP contribution in [0.3, 0.4) is 0 Å². The predicted molar refractivity (Wildman–Crippen MR) is 280 cm³/mol. The summed E-state index contributed by atoms with van der Waals surface area (Å²) in [5.41, 5.74) is 0. The molecule has 1 unspecified atom stereocenters. The molecule has 0 aliphatic carbocycles. The minimum atomic E-state index is -0.763. The van der Waals surface area contributed by atoms with Crippen LogP contribution in [0.15, 0.2) is 0 Å². The second-order valence-electron chi connectivity index (χ2n) is 21.0. The number of ether oxygens (including phenoxy) is 3. The largest absolute Gasteiger partial charge is 0.462 e. The van der Waals surface area contributed by atoms with Crippen molar-refractivity contribution < 1.29 is 28.6 Å². The maximum absolute atomic E-state index is 12.9. The van der Waals surface area contributed by atoms with Crippen LogP contribution in [0.2, 0.25) is 0 Å². The van der Waals surface area contributed by atoms with Crippen molar-refractivity contribution in [2.45, 2.75) is 336 Å². The molecule has 6 heteroatoms. The summed E-state index contributed by atoms with van der Waals surface area (Å²) in [7, 11) is 0. The van der Waals surface area contributed by atoms with Gasteiger partial charge in [0.25, 0.3) is 0 Å². The third-order valence-electron chi connectivity index (χ3n) is 13.8. The molecule has 6 nitrogen and oxygen atoms in total. The zero-order valence-electron chi connectivity index (χ0n) is 44.6. The molecule has 0 aromatic rings. The molecule has 0 rings (SSSR count). The summed E-state index contributed by atoms with van der Waals surface area (Å²) >= 11 is 0. The fourth-order valence-electron chi connectivity index (χ4n) is 9.02. The van der Waals surface area contributed by atoms with Crippen molar-refractivity contribution in [3.8, 4) is 0 Å². The van der Waals surface area contributed by atoms with Gasteiger partial charge in [-0.3, -0.25) is 14.4 Å². The molecule has 0 saturated carbocycles. The summed E-state index contributed by atoms with van der Waals surface area (Å²) in [6, 6.07) is 0. The zero-order valence-corrected chi connectivity index (χ0v) is 44.6. The van der Waals surface area contributed by atoms with Crippen LogP contribution in [-0.4, -0.2) is 37.2 Å². The van der Waals surface area contributed by atoms with E-state index in [0.29, 0.717) is 19.3 Å². The van der Waals surface area contributed by atoms with Crippen LogP contribution in [0.5, 0.6) is 0 Å². The number of carbonyl (C=O) groups is 3. The Morgan fingerprint density at radius 1 is 0.323 bits per heavy atom.